The number of H-pyrrole nitrogens is 2. The Labute approximate surface area is 168 Å². The van der Waals surface area contributed by atoms with Crippen molar-refractivity contribution in [2.24, 2.45) is 5.92 Å². The van der Waals surface area contributed by atoms with Crippen LogP contribution in [0.15, 0.2) is 73.4 Å². The zero-order valence-electron chi connectivity index (χ0n) is 15.8. The van der Waals surface area contributed by atoms with Gasteiger partial charge in [0.1, 0.15) is 24.4 Å². The lowest BCUT2D eigenvalue weighted by Gasteiger charge is -2.23. The van der Waals surface area contributed by atoms with Crippen LogP contribution in [0.2, 0.25) is 0 Å². The van der Waals surface area contributed by atoms with E-state index in [9.17, 15) is 14.4 Å². The van der Waals surface area contributed by atoms with Crippen molar-refractivity contribution in [1.29, 1.82) is 0 Å². The Bertz CT molecular complexity index is 1000. The number of hydrogen-bond acceptors (Lipinski definition) is 3. The second-order valence-corrected chi connectivity index (χ2v) is 7.04. The van der Waals surface area contributed by atoms with Crippen molar-refractivity contribution in [3.63, 3.8) is 0 Å². The number of nitrogens with one attached hydrogen (secondary N) is 2. The Morgan fingerprint density at radius 2 is 1.90 bits per heavy atom. The highest BCUT2D eigenvalue weighted by Gasteiger charge is 2.53. The summed E-state index contributed by atoms with van der Waals surface area (Å²) in [5.41, 5.74) is 1.11. The third kappa shape index (κ3) is 3.71. The Kier molecular flexibility index (Phi) is 5.29. The van der Waals surface area contributed by atoms with Crippen LogP contribution >= 0.6 is 0 Å². The van der Waals surface area contributed by atoms with Gasteiger partial charge in [0.05, 0.1) is 6.54 Å². The normalized spacial score (nSPS) is 19.0. The van der Waals surface area contributed by atoms with E-state index < -0.39 is 23.7 Å². The van der Waals surface area contributed by atoms with Gasteiger partial charge in [0, 0.05) is 30.7 Å². The summed E-state index contributed by atoms with van der Waals surface area (Å²) in [7, 11) is 0. The molecule has 2 N–H and O–H groups in total. The maximum atomic E-state index is 13.2. The van der Waals surface area contributed by atoms with Crippen LogP contribution in [-0.2, 0) is 16.1 Å². The Balaban J connectivity index is 1.64. The Morgan fingerprint density at radius 3 is 2.59 bits per heavy atom. The molecule has 146 valence electrons. The number of aromatic amines is 2. The van der Waals surface area contributed by atoms with Gasteiger partial charge >= 0.3 is 0 Å². The van der Waals surface area contributed by atoms with Crippen LogP contribution < -0.4 is 9.55 Å². The smallest absolute Gasteiger partial charge is 0.291 e. The van der Waals surface area contributed by atoms with Gasteiger partial charge < -0.3 is 4.90 Å². The van der Waals surface area contributed by atoms with E-state index in [-0.39, 0.29) is 5.78 Å². The summed E-state index contributed by atoms with van der Waals surface area (Å²) in [4.78, 5) is 46.5. The molecule has 3 heterocycles. The molecule has 7 nitrogen and oxygen atoms in total. The number of nitrogens with zero attached hydrogens (tertiary/aromatic N) is 2. The van der Waals surface area contributed by atoms with Crippen molar-refractivity contribution in [3.05, 3.63) is 84.7 Å². The van der Waals surface area contributed by atoms with Crippen molar-refractivity contribution < 1.29 is 23.9 Å². The van der Waals surface area contributed by atoms with E-state index in [1.54, 1.807) is 30.5 Å². The molecule has 2 aromatic heterocycles. The van der Waals surface area contributed by atoms with Gasteiger partial charge in [-0.3, -0.25) is 19.4 Å². The summed E-state index contributed by atoms with van der Waals surface area (Å²) in [5.74, 6) is -2.62. The van der Waals surface area contributed by atoms with Crippen LogP contribution in [0.5, 0.6) is 0 Å². The van der Waals surface area contributed by atoms with E-state index in [2.05, 4.69) is 9.97 Å². The van der Waals surface area contributed by atoms with E-state index in [0.29, 0.717) is 30.8 Å². The molecule has 2 unspecified atom stereocenters. The third-order valence-electron chi connectivity index (χ3n) is 5.22. The maximum absolute atomic E-state index is 13.2. The number of ketones is 2. The van der Waals surface area contributed by atoms with E-state index in [1.165, 1.54) is 4.90 Å². The van der Waals surface area contributed by atoms with Crippen molar-refractivity contribution in [1.82, 2.24) is 9.88 Å². The van der Waals surface area contributed by atoms with Gasteiger partial charge in [-0.2, -0.15) is 0 Å². The largest absolute Gasteiger partial charge is 0.322 e. The maximum Gasteiger partial charge on any atom is 0.291 e. The number of aromatic nitrogens is 3. The molecule has 1 aromatic carbocycles. The summed E-state index contributed by atoms with van der Waals surface area (Å²) in [6, 6.07) is 13.5. The molecule has 1 aliphatic heterocycles. The van der Waals surface area contributed by atoms with E-state index >= 15 is 0 Å². The summed E-state index contributed by atoms with van der Waals surface area (Å²) in [6.07, 6.45) is 7.96. The van der Waals surface area contributed by atoms with Crippen LogP contribution in [0.4, 0.5) is 0 Å². The lowest BCUT2D eigenvalue weighted by Crippen LogP contribution is -2.37. The van der Waals surface area contributed by atoms with Crippen LogP contribution in [0.1, 0.15) is 28.5 Å². The molecule has 4 rings (SSSR count). The first-order valence-corrected chi connectivity index (χ1v) is 9.59. The Morgan fingerprint density at radius 1 is 1.10 bits per heavy atom. The molecule has 29 heavy (non-hydrogen) atoms. The number of benzene rings is 1. The highest BCUT2D eigenvalue weighted by Crippen LogP contribution is 2.36. The molecule has 0 radical (unpaired) electrons. The fraction of sp³-hybridized carbons (Fsp3) is 0.227. The number of amides is 1. The molecule has 0 spiro atoms. The first-order chi connectivity index (χ1) is 14.2. The van der Waals surface area contributed by atoms with Crippen molar-refractivity contribution in [2.75, 3.05) is 6.54 Å². The quantitative estimate of drug-likeness (QED) is 0.284. The molecule has 0 saturated carbocycles. The predicted octanol–water partition coefficient (Wildman–Crippen LogP) is 1.16. The highest BCUT2D eigenvalue weighted by molar-refractivity contribution is 6.43. The molecule has 1 amide bonds. The summed E-state index contributed by atoms with van der Waals surface area (Å²) in [6.45, 7) is 1.08. The van der Waals surface area contributed by atoms with E-state index in [0.717, 1.165) is 0 Å². The molecular formula is C22H22N4O3+2. The third-order valence-corrected chi connectivity index (χ3v) is 5.22. The number of pyridine rings is 1. The molecule has 1 fully saturated rings. The van der Waals surface area contributed by atoms with Gasteiger partial charge in [0.25, 0.3) is 5.91 Å². The Hall–Kier alpha value is -3.61. The molecule has 1 aliphatic rings. The highest BCUT2D eigenvalue weighted by atomic mass is 16.2. The van der Waals surface area contributed by atoms with E-state index in [1.807, 2.05) is 47.6 Å². The molecule has 1 saturated heterocycles. The number of aryl methyl sites for hydroxylation is 1. The fourth-order valence-corrected chi connectivity index (χ4v) is 3.83. The first kappa shape index (κ1) is 18.7. The molecule has 2 atom stereocenters. The number of carbonyl (C=O) groups excluding carboxylic acids is 3. The van der Waals surface area contributed by atoms with Crippen LogP contribution in [0.3, 0.4) is 0 Å². The van der Waals surface area contributed by atoms with Gasteiger partial charge in [-0.05, 0) is 0 Å². The van der Waals surface area contributed by atoms with Crippen LogP contribution in [-0.4, -0.2) is 33.9 Å². The predicted molar refractivity (Wildman–Crippen MR) is 102 cm³/mol. The molecule has 0 bridgehead atoms. The topological polar surface area (TPSA) is 88.3 Å². The number of rotatable bonds is 7. The van der Waals surface area contributed by atoms with E-state index in [4.69, 9.17) is 0 Å². The number of Topliss-reactive ketones (excluding diaryl/α,β-unsaturated/α-hetero) is 2. The second-order valence-electron chi connectivity index (χ2n) is 7.04. The number of likely N-dealkylation sites (tertiary alicyclic amines) is 1. The first-order valence-electron chi connectivity index (χ1n) is 9.59. The summed E-state index contributed by atoms with van der Waals surface area (Å²) >= 11 is 0. The van der Waals surface area contributed by atoms with Crippen molar-refractivity contribution in [2.45, 2.75) is 19.0 Å². The lowest BCUT2D eigenvalue weighted by molar-refractivity contribution is -0.695. The minimum atomic E-state index is -1.05. The van der Waals surface area contributed by atoms with Crippen LogP contribution in [0, 0.1) is 5.92 Å². The zero-order chi connectivity index (χ0) is 20.2. The monoisotopic (exact) mass is 390 g/mol. The average Bonchev–Trinajstić information content (AvgIpc) is 3.37. The number of imidazole rings is 1. The molecular weight excluding hydrogens is 368 g/mol. The minimum Gasteiger partial charge on any atom is -0.322 e. The molecule has 3 aromatic rings. The average molecular weight is 390 g/mol. The van der Waals surface area contributed by atoms with Crippen LogP contribution in [0.25, 0.3) is 0 Å². The van der Waals surface area contributed by atoms with Gasteiger partial charge in [0.15, 0.2) is 12.0 Å². The zero-order valence-corrected chi connectivity index (χ0v) is 15.8. The van der Waals surface area contributed by atoms with Crippen molar-refractivity contribution >= 4 is 17.5 Å². The number of carbonyl (C=O) groups is 3. The van der Waals surface area contributed by atoms with Crippen molar-refractivity contribution in [3.8, 4) is 0 Å². The summed E-state index contributed by atoms with van der Waals surface area (Å²) < 4.78 is 1.97. The lowest BCUT2D eigenvalue weighted by atomic mass is 9.88. The summed E-state index contributed by atoms with van der Waals surface area (Å²) in [5, 5.41) is 0. The molecule has 7 heteroatoms. The van der Waals surface area contributed by atoms with Gasteiger partial charge in [-0.25, -0.2) is 9.55 Å². The minimum absolute atomic E-state index is 0.325. The standard InChI is InChI=1S/C22H20N4O3/c27-20(16-7-2-1-3-8-16)18-19(17-9-4-5-10-24-17)26(22(29)21(18)28)13-6-12-25-14-11-23-15-25/h1-5,7-11,14-15,18-19H,6,12-13H2/p+2. The van der Waals surface area contributed by atoms with Gasteiger partial charge in [0.2, 0.25) is 17.8 Å². The van der Waals surface area contributed by atoms with Gasteiger partial charge in [-0.1, -0.05) is 36.4 Å². The van der Waals surface area contributed by atoms with Gasteiger partial charge in [-0.15, -0.1) is 0 Å². The number of hydrogen-bond donors (Lipinski definition) is 1. The second kappa shape index (κ2) is 8.18. The fourth-order valence-electron chi connectivity index (χ4n) is 3.83. The SMILES string of the molecule is O=C1C(=O)N(CCC[n+]2cc[nH]c2)C(c2cccc[nH+]2)C1C(=O)c1ccccc1. The molecule has 0 aliphatic carbocycles.